The van der Waals surface area contributed by atoms with E-state index < -0.39 is 11.7 Å². The van der Waals surface area contributed by atoms with Crippen molar-refractivity contribution in [1.29, 1.82) is 0 Å². The van der Waals surface area contributed by atoms with Crippen molar-refractivity contribution in [2.24, 2.45) is 0 Å². The lowest BCUT2D eigenvalue weighted by molar-refractivity contribution is -0.137. The molecule has 3 rings (SSSR count). The molecule has 0 bridgehead atoms. The lowest BCUT2D eigenvalue weighted by Gasteiger charge is -2.16. The summed E-state index contributed by atoms with van der Waals surface area (Å²) in [5, 5.41) is 7.42. The molecule has 2 heterocycles. The van der Waals surface area contributed by atoms with Crippen LogP contribution in [0, 0.1) is 0 Å². The highest BCUT2D eigenvalue weighted by Gasteiger charge is 2.32. The fourth-order valence-electron chi connectivity index (χ4n) is 2.74. The molecular weight excluding hydrogens is 450 g/mol. The summed E-state index contributed by atoms with van der Waals surface area (Å²) in [7, 11) is 0. The van der Waals surface area contributed by atoms with Gasteiger partial charge in [0.05, 0.1) is 5.56 Å². The maximum absolute atomic E-state index is 12.9. The summed E-state index contributed by atoms with van der Waals surface area (Å²) < 4.78 is 40.3. The minimum atomic E-state index is -4.53. The van der Waals surface area contributed by atoms with E-state index in [4.69, 9.17) is 34.8 Å². The molecule has 11 heteroatoms. The third-order valence-electron chi connectivity index (χ3n) is 4.13. The SMILES string of the molecule is C=C(C)CNc1c(CCc2c(Cl)cc(C(F)(F)F)cc2Cl)c(Cl)nc2ncnn12. The number of anilines is 1. The summed E-state index contributed by atoms with van der Waals surface area (Å²) in [4.78, 5) is 8.24. The van der Waals surface area contributed by atoms with Gasteiger partial charge < -0.3 is 5.32 Å². The Morgan fingerprint density at radius 3 is 2.34 bits per heavy atom. The van der Waals surface area contributed by atoms with E-state index in [2.05, 4.69) is 27.0 Å². The molecule has 0 aliphatic rings. The van der Waals surface area contributed by atoms with Gasteiger partial charge in [0, 0.05) is 22.2 Å². The molecular formula is C18H15Cl3F3N5. The van der Waals surface area contributed by atoms with Gasteiger partial charge in [-0.15, -0.1) is 0 Å². The zero-order valence-corrected chi connectivity index (χ0v) is 17.4. The van der Waals surface area contributed by atoms with Crippen molar-refractivity contribution in [1.82, 2.24) is 19.6 Å². The number of fused-ring (bicyclic) bond motifs is 1. The van der Waals surface area contributed by atoms with Crippen LogP contribution >= 0.6 is 34.8 Å². The van der Waals surface area contributed by atoms with Gasteiger partial charge in [0.15, 0.2) is 0 Å². The minimum Gasteiger partial charge on any atom is -0.366 e. The average Bonchev–Trinajstić information content (AvgIpc) is 3.06. The van der Waals surface area contributed by atoms with Gasteiger partial charge in [-0.1, -0.05) is 47.0 Å². The van der Waals surface area contributed by atoms with Gasteiger partial charge in [0.2, 0.25) is 0 Å². The Kier molecular flexibility index (Phi) is 6.26. The van der Waals surface area contributed by atoms with Crippen LogP contribution in [0.25, 0.3) is 5.78 Å². The minimum absolute atomic E-state index is 0.0628. The van der Waals surface area contributed by atoms with Gasteiger partial charge in [-0.25, -0.2) is 0 Å². The Morgan fingerprint density at radius 1 is 1.14 bits per heavy atom. The van der Waals surface area contributed by atoms with Crippen LogP contribution in [0.1, 0.15) is 23.6 Å². The van der Waals surface area contributed by atoms with Gasteiger partial charge in [-0.3, -0.25) is 0 Å². The molecule has 1 N–H and O–H groups in total. The van der Waals surface area contributed by atoms with Crippen molar-refractivity contribution >= 4 is 46.4 Å². The Hall–Kier alpha value is -2.03. The zero-order valence-electron chi connectivity index (χ0n) is 15.1. The Morgan fingerprint density at radius 2 is 1.76 bits per heavy atom. The van der Waals surface area contributed by atoms with E-state index in [0.29, 0.717) is 35.7 Å². The third-order valence-corrected chi connectivity index (χ3v) is 5.11. The second-order valence-corrected chi connectivity index (χ2v) is 7.60. The second-order valence-electron chi connectivity index (χ2n) is 6.43. The highest BCUT2D eigenvalue weighted by atomic mass is 35.5. The van der Waals surface area contributed by atoms with Gasteiger partial charge in [0.25, 0.3) is 5.78 Å². The fraction of sp³-hybridized carbons (Fsp3) is 0.278. The molecule has 0 saturated carbocycles. The highest BCUT2D eigenvalue weighted by Crippen LogP contribution is 2.37. The third kappa shape index (κ3) is 4.76. The smallest absolute Gasteiger partial charge is 0.366 e. The lowest BCUT2D eigenvalue weighted by Crippen LogP contribution is -2.13. The predicted molar refractivity (Wildman–Crippen MR) is 108 cm³/mol. The summed E-state index contributed by atoms with van der Waals surface area (Å²) in [6.45, 7) is 6.17. The maximum Gasteiger partial charge on any atom is 0.416 e. The summed E-state index contributed by atoms with van der Waals surface area (Å²) in [6.07, 6.45) is -2.63. The first-order valence-electron chi connectivity index (χ1n) is 8.39. The summed E-state index contributed by atoms with van der Waals surface area (Å²) in [5.74, 6) is 0.883. The van der Waals surface area contributed by atoms with Crippen LogP contribution in [0.4, 0.5) is 19.0 Å². The summed E-state index contributed by atoms with van der Waals surface area (Å²) >= 11 is 18.5. The topological polar surface area (TPSA) is 55.1 Å². The number of hydrogen-bond donors (Lipinski definition) is 1. The summed E-state index contributed by atoms with van der Waals surface area (Å²) in [5.41, 5.74) is 0.981. The molecule has 3 aromatic rings. The number of alkyl halides is 3. The van der Waals surface area contributed by atoms with Crippen LogP contribution in [0.2, 0.25) is 15.2 Å². The molecule has 0 spiro atoms. The number of halogens is 6. The largest absolute Gasteiger partial charge is 0.416 e. The predicted octanol–water partition coefficient (Wildman–Crippen LogP) is 5.88. The van der Waals surface area contributed by atoms with E-state index in [-0.39, 0.29) is 21.6 Å². The monoisotopic (exact) mass is 463 g/mol. The summed E-state index contributed by atoms with van der Waals surface area (Å²) in [6, 6.07) is 1.73. The molecule has 1 aromatic carbocycles. The van der Waals surface area contributed by atoms with E-state index >= 15 is 0 Å². The fourth-order valence-corrected chi connectivity index (χ4v) is 3.68. The zero-order chi connectivity index (χ0) is 21.3. The molecule has 0 unspecified atom stereocenters. The van der Waals surface area contributed by atoms with Crippen LogP contribution in [0.15, 0.2) is 30.6 Å². The number of hydrogen-bond acceptors (Lipinski definition) is 4. The van der Waals surface area contributed by atoms with Crippen molar-refractivity contribution in [3.05, 3.63) is 62.5 Å². The van der Waals surface area contributed by atoms with Crippen LogP contribution in [-0.4, -0.2) is 26.1 Å². The molecule has 0 aliphatic heterocycles. The molecule has 0 radical (unpaired) electrons. The Labute approximate surface area is 179 Å². The molecule has 154 valence electrons. The molecule has 0 saturated heterocycles. The van der Waals surface area contributed by atoms with E-state index in [1.165, 1.54) is 10.8 Å². The normalized spacial score (nSPS) is 11.8. The number of benzene rings is 1. The maximum atomic E-state index is 12.9. The van der Waals surface area contributed by atoms with Gasteiger partial charge in [-0.05, 0) is 37.5 Å². The van der Waals surface area contributed by atoms with E-state index in [1.54, 1.807) is 0 Å². The first-order chi connectivity index (χ1) is 13.6. The van der Waals surface area contributed by atoms with Crippen molar-refractivity contribution < 1.29 is 13.2 Å². The standard InChI is InChI=1S/C18H15Cl3F3N5/c1-9(2)7-25-16-12(15(21)28-17-26-8-27-29(16)17)4-3-11-13(19)5-10(6-14(11)20)18(22,23)24/h5-6,8,25H,1,3-4,7H2,2H3. The van der Waals surface area contributed by atoms with E-state index in [1.807, 2.05) is 6.92 Å². The lowest BCUT2D eigenvalue weighted by atomic mass is 10.0. The van der Waals surface area contributed by atoms with Crippen LogP contribution in [-0.2, 0) is 19.0 Å². The van der Waals surface area contributed by atoms with E-state index in [9.17, 15) is 13.2 Å². The molecule has 2 aromatic heterocycles. The molecule has 29 heavy (non-hydrogen) atoms. The van der Waals surface area contributed by atoms with Gasteiger partial charge in [-0.2, -0.15) is 32.8 Å². The molecule has 0 aliphatic carbocycles. The Balaban J connectivity index is 1.96. The molecule has 0 atom stereocenters. The van der Waals surface area contributed by atoms with Crippen LogP contribution in [0.3, 0.4) is 0 Å². The van der Waals surface area contributed by atoms with Gasteiger partial charge in [0.1, 0.15) is 17.3 Å². The average molecular weight is 465 g/mol. The number of aromatic nitrogens is 4. The highest BCUT2D eigenvalue weighted by molar-refractivity contribution is 6.36. The van der Waals surface area contributed by atoms with Crippen molar-refractivity contribution in [3.63, 3.8) is 0 Å². The van der Waals surface area contributed by atoms with Crippen LogP contribution in [0.5, 0.6) is 0 Å². The quantitative estimate of drug-likeness (QED) is 0.366. The molecule has 0 fully saturated rings. The molecule has 0 amide bonds. The first-order valence-corrected chi connectivity index (χ1v) is 9.52. The number of rotatable bonds is 6. The van der Waals surface area contributed by atoms with Crippen molar-refractivity contribution in [2.45, 2.75) is 25.9 Å². The Bertz CT molecular complexity index is 1060. The van der Waals surface area contributed by atoms with Gasteiger partial charge >= 0.3 is 6.18 Å². The number of nitrogens with zero attached hydrogens (tertiary/aromatic N) is 4. The van der Waals surface area contributed by atoms with Crippen LogP contribution < -0.4 is 5.32 Å². The molecule has 5 nitrogen and oxygen atoms in total. The second kappa shape index (κ2) is 8.38. The van der Waals surface area contributed by atoms with E-state index in [0.717, 1.165) is 17.7 Å². The first kappa shape index (κ1) is 21.7. The van der Waals surface area contributed by atoms with Crippen molar-refractivity contribution in [2.75, 3.05) is 11.9 Å². The number of nitrogens with one attached hydrogen (secondary N) is 1. The van der Waals surface area contributed by atoms with Crippen molar-refractivity contribution in [3.8, 4) is 0 Å².